The second-order valence-electron chi connectivity index (χ2n) is 5.56. The van der Waals surface area contributed by atoms with E-state index in [-0.39, 0.29) is 5.82 Å². The van der Waals surface area contributed by atoms with Crippen LogP contribution >= 0.6 is 15.9 Å². The van der Waals surface area contributed by atoms with E-state index in [0.717, 1.165) is 31.3 Å². The summed E-state index contributed by atoms with van der Waals surface area (Å²) in [6.45, 7) is 4.34. The fourth-order valence-electron chi connectivity index (χ4n) is 3.12. The number of hydrogen-bond donors (Lipinski definition) is 1. The lowest BCUT2D eigenvalue weighted by molar-refractivity contribution is 0.229. The molecule has 0 saturated heterocycles. The van der Waals surface area contributed by atoms with E-state index in [2.05, 4.69) is 28.2 Å². The summed E-state index contributed by atoms with van der Waals surface area (Å²) in [7, 11) is 0. The third-order valence-corrected chi connectivity index (χ3v) is 4.81. The maximum absolute atomic E-state index is 13.3. The van der Waals surface area contributed by atoms with Crippen molar-refractivity contribution in [2.24, 2.45) is 11.8 Å². The van der Waals surface area contributed by atoms with Gasteiger partial charge in [-0.25, -0.2) is 4.39 Å². The highest BCUT2D eigenvalue weighted by molar-refractivity contribution is 9.10. The normalized spacial score (nSPS) is 23.5. The molecule has 2 rings (SSSR count). The molecule has 0 heterocycles. The standard InChI is InChI=1S/C16H23BrFN/c1-2-19-11-14-6-4-3-5-13(14)9-12-7-8-16(18)15(17)10-12/h7-8,10,13-14,19H,2-6,9,11H2,1H3. The van der Waals surface area contributed by atoms with Crippen molar-refractivity contribution in [2.45, 2.75) is 39.0 Å². The summed E-state index contributed by atoms with van der Waals surface area (Å²) in [5.74, 6) is 1.35. The van der Waals surface area contributed by atoms with Gasteiger partial charge >= 0.3 is 0 Å². The Bertz CT molecular complexity index is 408. The zero-order valence-corrected chi connectivity index (χ0v) is 13.2. The summed E-state index contributed by atoms with van der Waals surface area (Å²) in [5.41, 5.74) is 1.25. The highest BCUT2D eigenvalue weighted by Gasteiger charge is 2.24. The van der Waals surface area contributed by atoms with E-state index in [4.69, 9.17) is 0 Å². The van der Waals surface area contributed by atoms with Crippen LogP contribution in [0.25, 0.3) is 0 Å². The summed E-state index contributed by atoms with van der Waals surface area (Å²) >= 11 is 3.28. The SMILES string of the molecule is CCNCC1CCCCC1Cc1ccc(F)c(Br)c1. The molecule has 19 heavy (non-hydrogen) atoms. The Labute approximate surface area is 124 Å². The van der Waals surface area contributed by atoms with Crippen molar-refractivity contribution in [3.05, 3.63) is 34.1 Å². The molecule has 0 spiro atoms. The minimum Gasteiger partial charge on any atom is -0.317 e. The van der Waals surface area contributed by atoms with Crippen molar-refractivity contribution < 1.29 is 4.39 Å². The smallest absolute Gasteiger partial charge is 0.137 e. The molecule has 1 fully saturated rings. The predicted octanol–water partition coefficient (Wildman–Crippen LogP) is 4.55. The van der Waals surface area contributed by atoms with Crippen LogP contribution in [0.5, 0.6) is 0 Å². The summed E-state index contributed by atoms with van der Waals surface area (Å²) in [5, 5.41) is 3.48. The Morgan fingerprint density at radius 1 is 1.26 bits per heavy atom. The molecule has 1 N–H and O–H groups in total. The maximum atomic E-state index is 13.3. The van der Waals surface area contributed by atoms with Crippen LogP contribution in [-0.2, 0) is 6.42 Å². The second kappa shape index (κ2) is 7.39. The van der Waals surface area contributed by atoms with E-state index in [0.29, 0.717) is 4.47 Å². The van der Waals surface area contributed by atoms with Gasteiger partial charge in [-0.15, -0.1) is 0 Å². The van der Waals surface area contributed by atoms with Crippen LogP contribution in [0, 0.1) is 17.7 Å². The van der Waals surface area contributed by atoms with Crippen molar-refractivity contribution in [1.82, 2.24) is 5.32 Å². The molecule has 2 unspecified atom stereocenters. The predicted molar refractivity (Wildman–Crippen MR) is 81.8 cm³/mol. The van der Waals surface area contributed by atoms with Crippen LogP contribution in [-0.4, -0.2) is 13.1 Å². The van der Waals surface area contributed by atoms with E-state index in [1.807, 2.05) is 12.1 Å². The van der Waals surface area contributed by atoms with Crippen LogP contribution in [0.2, 0.25) is 0 Å². The van der Waals surface area contributed by atoms with Crippen molar-refractivity contribution in [1.29, 1.82) is 0 Å². The quantitative estimate of drug-likeness (QED) is 0.836. The number of nitrogens with one attached hydrogen (secondary N) is 1. The Morgan fingerprint density at radius 3 is 2.68 bits per heavy atom. The van der Waals surface area contributed by atoms with E-state index in [1.165, 1.54) is 31.2 Å². The third kappa shape index (κ3) is 4.28. The van der Waals surface area contributed by atoms with Gasteiger partial charge in [0.05, 0.1) is 4.47 Å². The molecule has 0 aliphatic heterocycles. The zero-order valence-electron chi connectivity index (χ0n) is 11.6. The maximum Gasteiger partial charge on any atom is 0.137 e. The van der Waals surface area contributed by atoms with E-state index < -0.39 is 0 Å². The number of rotatable bonds is 5. The average molecular weight is 328 g/mol. The number of benzene rings is 1. The fraction of sp³-hybridized carbons (Fsp3) is 0.625. The monoisotopic (exact) mass is 327 g/mol. The molecule has 0 aromatic heterocycles. The number of halogens is 2. The van der Waals surface area contributed by atoms with Gasteiger partial charge in [0, 0.05) is 0 Å². The molecule has 106 valence electrons. The first-order valence-electron chi connectivity index (χ1n) is 7.35. The van der Waals surface area contributed by atoms with Crippen LogP contribution in [0.15, 0.2) is 22.7 Å². The summed E-state index contributed by atoms with van der Waals surface area (Å²) in [6.07, 6.45) is 6.43. The molecule has 1 aliphatic rings. The Kier molecular flexibility index (Phi) is 5.83. The Morgan fingerprint density at radius 2 is 2.00 bits per heavy atom. The second-order valence-corrected chi connectivity index (χ2v) is 6.42. The minimum atomic E-state index is -0.170. The molecule has 0 amide bonds. The van der Waals surface area contributed by atoms with Gasteiger partial charge in [-0.1, -0.05) is 25.8 Å². The van der Waals surface area contributed by atoms with Gasteiger partial charge in [0.15, 0.2) is 0 Å². The average Bonchev–Trinajstić information content (AvgIpc) is 2.42. The van der Waals surface area contributed by atoms with Gasteiger partial charge in [0.25, 0.3) is 0 Å². The van der Waals surface area contributed by atoms with Gasteiger partial charge in [-0.2, -0.15) is 0 Å². The molecule has 1 nitrogen and oxygen atoms in total. The molecule has 0 radical (unpaired) electrons. The summed E-state index contributed by atoms with van der Waals surface area (Å²) < 4.78 is 13.9. The lowest BCUT2D eigenvalue weighted by Gasteiger charge is -2.32. The van der Waals surface area contributed by atoms with Crippen LogP contribution in [0.3, 0.4) is 0 Å². The molecule has 1 saturated carbocycles. The Balaban J connectivity index is 1.99. The van der Waals surface area contributed by atoms with Gasteiger partial charge in [0.1, 0.15) is 5.82 Å². The first-order chi connectivity index (χ1) is 9.20. The van der Waals surface area contributed by atoms with Crippen molar-refractivity contribution >= 4 is 15.9 Å². The third-order valence-electron chi connectivity index (χ3n) is 4.20. The highest BCUT2D eigenvalue weighted by Crippen LogP contribution is 2.32. The van der Waals surface area contributed by atoms with Crippen molar-refractivity contribution in [3.63, 3.8) is 0 Å². The first kappa shape index (κ1) is 15.0. The topological polar surface area (TPSA) is 12.0 Å². The Hall–Kier alpha value is -0.410. The van der Waals surface area contributed by atoms with Crippen LogP contribution < -0.4 is 5.32 Å². The van der Waals surface area contributed by atoms with Gasteiger partial charge < -0.3 is 5.32 Å². The fourth-order valence-corrected chi connectivity index (χ4v) is 3.55. The molecule has 1 aliphatic carbocycles. The van der Waals surface area contributed by atoms with E-state index in [9.17, 15) is 4.39 Å². The minimum absolute atomic E-state index is 0.170. The van der Waals surface area contributed by atoms with Crippen molar-refractivity contribution in [2.75, 3.05) is 13.1 Å². The lowest BCUT2D eigenvalue weighted by atomic mass is 9.76. The van der Waals surface area contributed by atoms with E-state index in [1.54, 1.807) is 6.07 Å². The summed E-state index contributed by atoms with van der Waals surface area (Å²) in [4.78, 5) is 0. The molecule has 2 atom stereocenters. The lowest BCUT2D eigenvalue weighted by Crippen LogP contribution is -2.31. The first-order valence-corrected chi connectivity index (χ1v) is 8.14. The van der Waals surface area contributed by atoms with Crippen molar-refractivity contribution in [3.8, 4) is 0 Å². The van der Waals surface area contributed by atoms with Gasteiger partial charge in [-0.3, -0.25) is 0 Å². The molecule has 1 aromatic rings. The van der Waals surface area contributed by atoms with Gasteiger partial charge in [0.2, 0.25) is 0 Å². The van der Waals surface area contributed by atoms with Crippen LogP contribution in [0.4, 0.5) is 4.39 Å². The highest BCUT2D eigenvalue weighted by atomic mass is 79.9. The molecular weight excluding hydrogens is 305 g/mol. The largest absolute Gasteiger partial charge is 0.317 e. The molecular formula is C16H23BrFN. The molecule has 1 aromatic carbocycles. The van der Waals surface area contributed by atoms with E-state index >= 15 is 0 Å². The molecule has 0 bridgehead atoms. The summed E-state index contributed by atoms with van der Waals surface area (Å²) in [6, 6.07) is 5.44. The number of hydrogen-bond acceptors (Lipinski definition) is 1. The zero-order chi connectivity index (χ0) is 13.7. The van der Waals surface area contributed by atoms with Crippen LogP contribution in [0.1, 0.15) is 38.2 Å². The van der Waals surface area contributed by atoms with Gasteiger partial charge in [-0.05, 0) is 77.8 Å². The molecule has 3 heteroatoms.